The number of anilines is 4. The first kappa shape index (κ1) is 14.3. The van der Waals surface area contributed by atoms with Gasteiger partial charge in [0.25, 0.3) is 0 Å². The monoisotopic (exact) mass is 310 g/mol. The van der Waals surface area contributed by atoms with E-state index in [4.69, 9.17) is 0 Å². The Bertz CT molecular complexity index is 867. The van der Waals surface area contributed by atoms with Gasteiger partial charge in [0, 0.05) is 33.5 Å². The zero-order valence-corrected chi connectivity index (χ0v) is 13.2. The number of hydrogen-bond acceptors (Lipinski definition) is 2. The lowest BCUT2D eigenvalue weighted by Gasteiger charge is -2.14. The van der Waals surface area contributed by atoms with Crippen molar-refractivity contribution in [2.75, 3.05) is 10.6 Å². The van der Waals surface area contributed by atoms with E-state index in [0.29, 0.717) is 0 Å². The second-order valence-corrected chi connectivity index (χ2v) is 5.69. The third-order valence-corrected chi connectivity index (χ3v) is 4.03. The van der Waals surface area contributed by atoms with Crippen LogP contribution >= 0.6 is 0 Å². The molecule has 0 bridgehead atoms. The highest BCUT2D eigenvalue weighted by atomic mass is 14.9. The third kappa shape index (κ3) is 2.95. The van der Waals surface area contributed by atoms with E-state index < -0.39 is 0 Å². The smallest absolute Gasteiger partial charge is 0.0465 e. The first-order valence-corrected chi connectivity index (χ1v) is 8.06. The summed E-state index contributed by atoms with van der Waals surface area (Å²) in [5.41, 5.74) is 4.39. The van der Waals surface area contributed by atoms with Gasteiger partial charge in [-0.15, -0.1) is 0 Å². The van der Waals surface area contributed by atoms with Crippen LogP contribution in [-0.2, 0) is 0 Å². The van der Waals surface area contributed by atoms with Crippen molar-refractivity contribution in [2.45, 2.75) is 0 Å². The normalized spacial score (nSPS) is 10.5. The summed E-state index contributed by atoms with van der Waals surface area (Å²) in [5, 5.41) is 9.41. The lowest BCUT2D eigenvalue weighted by molar-refractivity contribution is 1.55. The van der Waals surface area contributed by atoms with Gasteiger partial charge < -0.3 is 10.6 Å². The summed E-state index contributed by atoms with van der Waals surface area (Å²) in [6, 6.07) is 33.2. The molecule has 4 aromatic rings. The largest absolute Gasteiger partial charge is 0.355 e. The first-order valence-electron chi connectivity index (χ1n) is 8.06. The number of benzene rings is 4. The van der Waals surface area contributed by atoms with Crippen molar-refractivity contribution in [1.29, 1.82) is 0 Å². The highest BCUT2D eigenvalue weighted by Crippen LogP contribution is 2.33. The topological polar surface area (TPSA) is 24.1 Å². The van der Waals surface area contributed by atoms with Gasteiger partial charge in [-0.3, -0.25) is 0 Å². The summed E-state index contributed by atoms with van der Waals surface area (Å²) < 4.78 is 0. The average Bonchev–Trinajstić information content (AvgIpc) is 2.65. The summed E-state index contributed by atoms with van der Waals surface area (Å²) in [5.74, 6) is 0. The Morgan fingerprint density at radius 1 is 0.375 bits per heavy atom. The fraction of sp³-hybridized carbons (Fsp3) is 0. The molecular formula is C22H18N2. The van der Waals surface area contributed by atoms with Gasteiger partial charge in [-0.1, -0.05) is 60.7 Å². The molecule has 116 valence electrons. The number of rotatable bonds is 4. The second kappa shape index (κ2) is 6.47. The molecule has 0 aliphatic rings. The van der Waals surface area contributed by atoms with E-state index in [1.807, 2.05) is 36.4 Å². The SMILES string of the molecule is c1ccc(Nc2ccc(Nc3ccccc3)c3ccccc23)cc1. The Morgan fingerprint density at radius 2 is 0.750 bits per heavy atom. The van der Waals surface area contributed by atoms with Crippen LogP contribution in [0.1, 0.15) is 0 Å². The molecule has 0 atom stereocenters. The van der Waals surface area contributed by atoms with Crippen molar-refractivity contribution >= 4 is 33.5 Å². The fourth-order valence-electron chi connectivity index (χ4n) is 2.87. The van der Waals surface area contributed by atoms with Crippen LogP contribution in [-0.4, -0.2) is 0 Å². The van der Waals surface area contributed by atoms with Crippen molar-refractivity contribution in [3.05, 3.63) is 97.1 Å². The van der Waals surface area contributed by atoms with Crippen LogP contribution in [0.4, 0.5) is 22.7 Å². The maximum atomic E-state index is 3.51. The van der Waals surface area contributed by atoms with Gasteiger partial charge in [0.05, 0.1) is 0 Å². The number of fused-ring (bicyclic) bond motifs is 1. The van der Waals surface area contributed by atoms with E-state index in [1.54, 1.807) is 0 Å². The molecule has 0 unspecified atom stereocenters. The third-order valence-electron chi connectivity index (χ3n) is 4.03. The van der Waals surface area contributed by atoms with E-state index >= 15 is 0 Å². The first-order chi connectivity index (χ1) is 11.9. The minimum absolute atomic E-state index is 1.09. The molecule has 2 nitrogen and oxygen atoms in total. The molecule has 0 heterocycles. The van der Waals surface area contributed by atoms with Crippen molar-refractivity contribution < 1.29 is 0 Å². The maximum absolute atomic E-state index is 3.51. The summed E-state index contributed by atoms with van der Waals surface area (Å²) in [6.07, 6.45) is 0. The lowest BCUT2D eigenvalue weighted by atomic mass is 10.1. The minimum Gasteiger partial charge on any atom is -0.355 e. The molecule has 0 radical (unpaired) electrons. The molecule has 24 heavy (non-hydrogen) atoms. The Hall–Kier alpha value is -3.26. The maximum Gasteiger partial charge on any atom is 0.0465 e. The molecule has 0 saturated heterocycles. The molecule has 0 amide bonds. The molecular weight excluding hydrogens is 292 g/mol. The van der Waals surface area contributed by atoms with Gasteiger partial charge in [0.15, 0.2) is 0 Å². The van der Waals surface area contributed by atoms with Crippen molar-refractivity contribution in [3.8, 4) is 0 Å². The van der Waals surface area contributed by atoms with Crippen LogP contribution in [0, 0.1) is 0 Å². The van der Waals surface area contributed by atoms with Gasteiger partial charge in [0.2, 0.25) is 0 Å². The predicted molar refractivity (Wildman–Crippen MR) is 103 cm³/mol. The molecule has 2 heteroatoms. The zero-order chi connectivity index (χ0) is 16.2. The standard InChI is InChI=1S/C22H18N2/c1-3-9-17(10-4-1)23-21-15-16-22(20-14-8-7-13-19(20)21)24-18-11-5-2-6-12-18/h1-16,23-24H. The second-order valence-electron chi connectivity index (χ2n) is 5.69. The predicted octanol–water partition coefficient (Wildman–Crippen LogP) is 6.33. The minimum atomic E-state index is 1.09. The Morgan fingerprint density at radius 3 is 1.17 bits per heavy atom. The molecule has 4 rings (SSSR count). The van der Waals surface area contributed by atoms with E-state index in [1.165, 1.54) is 10.8 Å². The highest BCUT2D eigenvalue weighted by molar-refractivity contribution is 6.03. The van der Waals surface area contributed by atoms with Gasteiger partial charge in [-0.05, 0) is 36.4 Å². The molecule has 0 aliphatic carbocycles. The highest BCUT2D eigenvalue weighted by Gasteiger charge is 2.06. The van der Waals surface area contributed by atoms with Gasteiger partial charge in [-0.2, -0.15) is 0 Å². The summed E-state index contributed by atoms with van der Waals surface area (Å²) in [4.78, 5) is 0. The van der Waals surface area contributed by atoms with E-state index in [9.17, 15) is 0 Å². The van der Waals surface area contributed by atoms with Crippen LogP contribution in [0.25, 0.3) is 10.8 Å². The number of nitrogens with one attached hydrogen (secondary N) is 2. The van der Waals surface area contributed by atoms with Crippen LogP contribution in [0.15, 0.2) is 97.1 Å². The number of hydrogen-bond donors (Lipinski definition) is 2. The number of para-hydroxylation sites is 2. The van der Waals surface area contributed by atoms with Crippen LogP contribution in [0.2, 0.25) is 0 Å². The molecule has 4 aromatic carbocycles. The van der Waals surface area contributed by atoms with Crippen LogP contribution in [0.5, 0.6) is 0 Å². The molecule has 0 spiro atoms. The molecule has 0 aromatic heterocycles. The Balaban J connectivity index is 1.74. The van der Waals surface area contributed by atoms with E-state index in [-0.39, 0.29) is 0 Å². The Kier molecular flexibility index (Phi) is 3.86. The van der Waals surface area contributed by atoms with Gasteiger partial charge in [0.1, 0.15) is 0 Å². The Labute approximate surface area is 141 Å². The van der Waals surface area contributed by atoms with Crippen LogP contribution < -0.4 is 10.6 Å². The molecule has 0 saturated carbocycles. The fourth-order valence-corrected chi connectivity index (χ4v) is 2.87. The molecule has 0 aliphatic heterocycles. The molecule has 2 N–H and O–H groups in total. The van der Waals surface area contributed by atoms with Gasteiger partial charge in [-0.25, -0.2) is 0 Å². The van der Waals surface area contributed by atoms with Crippen molar-refractivity contribution in [1.82, 2.24) is 0 Å². The summed E-state index contributed by atoms with van der Waals surface area (Å²) in [7, 11) is 0. The lowest BCUT2D eigenvalue weighted by Crippen LogP contribution is -1.95. The van der Waals surface area contributed by atoms with E-state index in [0.717, 1.165) is 22.7 Å². The zero-order valence-electron chi connectivity index (χ0n) is 13.2. The van der Waals surface area contributed by atoms with Crippen LogP contribution in [0.3, 0.4) is 0 Å². The van der Waals surface area contributed by atoms with E-state index in [2.05, 4.69) is 71.3 Å². The average molecular weight is 310 g/mol. The summed E-state index contributed by atoms with van der Waals surface area (Å²) >= 11 is 0. The van der Waals surface area contributed by atoms with Crippen molar-refractivity contribution in [2.24, 2.45) is 0 Å². The molecule has 0 fully saturated rings. The summed E-state index contributed by atoms with van der Waals surface area (Å²) in [6.45, 7) is 0. The van der Waals surface area contributed by atoms with Gasteiger partial charge >= 0.3 is 0 Å². The quantitative estimate of drug-likeness (QED) is 0.460. The van der Waals surface area contributed by atoms with Crippen molar-refractivity contribution in [3.63, 3.8) is 0 Å².